The third kappa shape index (κ3) is 5.55. The number of nitriles is 1. The van der Waals surface area contributed by atoms with Gasteiger partial charge < -0.3 is 14.8 Å². The van der Waals surface area contributed by atoms with Gasteiger partial charge in [0.05, 0.1) is 23.1 Å². The summed E-state index contributed by atoms with van der Waals surface area (Å²) in [6, 6.07) is 7.70. The van der Waals surface area contributed by atoms with E-state index in [0.29, 0.717) is 17.7 Å². The summed E-state index contributed by atoms with van der Waals surface area (Å²) in [5.74, 6) is -0.922. The third-order valence-corrected chi connectivity index (χ3v) is 5.07. The summed E-state index contributed by atoms with van der Waals surface area (Å²) < 4.78 is 32.5. The predicted octanol–water partition coefficient (Wildman–Crippen LogP) is -0.216. The van der Waals surface area contributed by atoms with Gasteiger partial charge in [-0.1, -0.05) is 0 Å². The lowest BCUT2D eigenvalue weighted by Crippen LogP contribution is -2.38. The van der Waals surface area contributed by atoms with Gasteiger partial charge in [0, 0.05) is 6.04 Å². The van der Waals surface area contributed by atoms with Gasteiger partial charge in [0.15, 0.2) is 23.1 Å². The van der Waals surface area contributed by atoms with Crippen LogP contribution in [0.4, 0.5) is 0 Å². The number of ether oxygens (including phenoxy) is 2. The van der Waals surface area contributed by atoms with Gasteiger partial charge in [0.25, 0.3) is 5.91 Å². The molecular formula is C15H16N2O6S. The summed E-state index contributed by atoms with van der Waals surface area (Å²) in [6.07, 6.45) is 0.365. The SMILES string of the molecule is N#Cc1ccc(OCC(=O)OCC(=O)N[C@H]2CCS(=O)(=O)C2)cc1. The summed E-state index contributed by atoms with van der Waals surface area (Å²) >= 11 is 0. The molecule has 1 aromatic rings. The second kappa shape index (κ2) is 7.79. The topological polar surface area (TPSA) is 123 Å². The highest BCUT2D eigenvalue weighted by Gasteiger charge is 2.29. The highest BCUT2D eigenvalue weighted by molar-refractivity contribution is 7.91. The van der Waals surface area contributed by atoms with Gasteiger partial charge in [-0.15, -0.1) is 0 Å². The Morgan fingerprint density at radius 1 is 1.25 bits per heavy atom. The predicted molar refractivity (Wildman–Crippen MR) is 82.8 cm³/mol. The Morgan fingerprint density at radius 2 is 1.96 bits per heavy atom. The van der Waals surface area contributed by atoms with E-state index in [-0.39, 0.29) is 18.1 Å². The first-order valence-electron chi connectivity index (χ1n) is 7.16. The minimum atomic E-state index is -3.08. The van der Waals surface area contributed by atoms with Crippen molar-refractivity contribution in [1.82, 2.24) is 5.32 Å². The van der Waals surface area contributed by atoms with Crippen molar-refractivity contribution in [2.75, 3.05) is 24.7 Å². The molecule has 24 heavy (non-hydrogen) atoms. The van der Waals surface area contributed by atoms with Crippen molar-refractivity contribution in [3.05, 3.63) is 29.8 Å². The van der Waals surface area contributed by atoms with Crippen molar-refractivity contribution in [3.8, 4) is 11.8 Å². The number of nitrogens with one attached hydrogen (secondary N) is 1. The van der Waals surface area contributed by atoms with E-state index in [2.05, 4.69) is 5.32 Å². The number of hydrogen-bond acceptors (Lipinski definition) is 7. The Balaban J connectivity index is 1.67. The fourth-order valence-corrected chi connectivity index (χ4v) is 3.81. The number of esters is 1. The van der Waals surface area contributed by atoms with Crippen LogP contribution in [-0.4, -0.2) is 51.1 Å². The Kier molecular flexibility index (Phi) is 5.76. The van der Waals surface area contributed by atoms with Crippen molar-refractivity contribution in [2.24, 2.45) is 0 Å². The molecule has 1 N–H and O–H groups in total. The van der Waals surface area contributed by atoms with Crippen molar-refractivity contribution in [3.63, 3.8) is 0 Å². The maximum atomic E-state index is 11.6. The van der Waals surface area contributed by atoms with E-state index >= 15 is 0 Å². The normalized spacial score (nSPS) is 18.4. The fourth-order valence-electron chi connectivity index (χ4n) is 2.13. The van der Waals surface area contributed by atoms with Gasteiger partial charge in [-0.05, 0) is 30.7 Å². The van der Waals surface area contributed by atoms with Gasteiger partial charge in [-0.25, -0.2) is 13.2 Å². The summed E-state index contributed by atoms with van der Waals surface area (Å²) in [5, 5.41) is 11.2. The Bertz CT molecular complexity index is 751. The lowest BCUT2D eigenvalue weighted by atomic mass is 10.2. The van der Waals surface area contributed by atoms with E-state index in [1.807, 2.05) is 6.07 Å². The fraction of sp³-hybridized carbons (Fsp3) is 0.400. The number of carbonyl (C=O) groups excluding carboxylic acids is 2. The molecule has 1 fully saturated rings. The molecule has 0 spiro atoms. The second-order valence-electron chi connectivity index (χ2n) is 5.25. The lowest BCUT2D eigenvalue weighted by Gasteiger charge is -2.11. The molecule has 0 saturated carbocycles. The van der Waals surface area contributed by atoms with E-state index in [1.54, 1.807) is 24.3 Å². The molecule has 0 unspecified atom stereocenters. The molecule has 1 atom stereocenters. The number of benzene rings is 1. The van der Waals surface area contributed by atoms with Gasteiger partial charge in [-0.2, -0.15) is 5.26 Å². The first-order chi connectivity index (χ1) is 11.4. The zero-order chi connectivity index (χ0) is 17.6. The van der Waals surface area contributed by atoms with Gasteiger partial charge in [0.2, 0.25) is 0 Å². The van der Waals surface area contributed by atoms with Crippen LogP contribution >= 0.6 is 0 Å². The second-order valence-corrected chi connectivity index (χ2v) is 7.48. The zero-order valence-electron chi connectivity index (χ0n) is 12.7. The average molecular weight is 352 g/mol. The van der Waals surface area contributed by atoms with Crippen molar-refractivity contribution < 1.29 is 27.5 Å². The minimum absolute atomic E-state index is 0.0518. The molecule has 128 valence electrons. The highest BCUT2D eigenvalue weighted by Crippen LogP contribution is 2.12. The maximum absolute atomic E-state index is 11.6. The monoisotopic (exact) mass is 352 g/mol. The number of hydrogen-bond donors (Lipinski definition) is 1. The summed E-state index contributed by atoms with van der Waals surface area (Å²) in [6.45, 7) is -0.872. The maximum Gasteiger partial charge on any atom is 0.344 e. The summed E-state index contributed by atoms with van der Waals surface area (Å²) in [5.41, 5.74) is 0.468. The van der Waals surface area contributed by atoms with Crippen molar-refractivity contribution in [2.45, 2.75) is 12.5 Å². The Hall–Kier alpha value is -2.60. The van der Waals surface area contributed by atoms with E-state index in [4.69, 9.17) is 14.7 Å². The minimum Gasteiger partial charge on any atom is -0.482 e. The van der Waals surface area contributed by atoms with E-state index in [0.717, 1.165) is 0 Å². The molecule has 1 amide bonds. The molecule has 0 aliphatic carbocycles. The smallest absolute Gasteiger partial charge is 0.344 e. The van der Waals surface area contributed by atoms with Crippen molar-refractivity contribution >= 4 is 21.7 Å². The molecule has 1 aliphatic rings. The number of amides is 1. The van der Waals surface area contributed by atoms with Crippen LogP contribution < -0.4 is 10.1 Å². The highest BCUT2D eigenvalue weighted by atomic mass is 32.2. The average Bonchev–Trinajstić information content (AvgIpc) is 2.90. The van der Waals surface area contributed by atoms with E-state index in [9.17, 15) is 18.0 Å². The largest absolute Gasteiger partial charge is 0.482 e. The molecule has 0 radical (unpaired) electrons. The first-order valence-corrected chi connectivity index (χ1v) is 8.98. The van der Waals surface area contributed by atoms with Crippen LogP contribution in [0.1, 0.15) is 12.0 Å². The van der Waals surface area contributed by atoms with Crippen LogP contribution in [0.25, 0.3) is 0 Å². The summed E-state index contributed by atoms with van der Waals surface area (Å²) in [4.78, 5) is 23.1. The van der Waals surface area contributed by atoms with Crippen LogP contribution in [-0.2, 0) is 24.2 Å². The molecule has 1 heterocycles. The first kappa shape index (κ1) is 17.7. The zero-order valence-corrected chi connectivity index (χ0v) is 13.5. The van der Waals surface area contributed by atoms with Gasteiger partial charge >= 0.3 is 5.97 Å². The number of carbonyl (C=O) groups is 2. The van der Waals surface area contributed by atoms with Crippen LogP contribution in [0.2, 0.25) is 0 Å². The number of rotatable bonds is 6. The molecule has 2 rings (SSSR count). The number of sulfone groups is 1. The Labute approximate surface area is 139 Å². The van der Waals surface area contributed by atoms with E-state index < -0.39 is 34.4 Å². The Morgan fingerprint density at radius 3 is 2.54 bits per heavy atom. The molecule has 9 heteroatoms. The third-order valence-electron chi connectivity index (χ3n) is 3.30. The molecule has 8 nitrogen and oxygen atoms in total. The summed E-state index contributed by atoms with van der Waals surface area (Å²) in [7, 11) is -3.08. The molecule has 0 aromatic heterocycles. The van der Waals surface area contributed by atoms with Crippen LogP contribution in [0.5, 0.6) is 5.75 Å². The quantitative estimate of drug-likeness (QED) is 0.702. The van der Waals surface area contributed by atoms with E-state index in [1.165, 1.54) is 0 Å². The van der Waals surface area contributed by atoms with Crippen LogP contribution in [0.3, 0.4) is 0 Å². The van der Waals surface area contributed by atoms with Crippen LogP contribution in [0.15, 0.2) is 24.3 Å². The van der Waals surface area contributed by atoms with Gasteiger partial charge in [-0.3, -0.25) is 4.79 Å². The van der Waals surface area contributed by atoms with Crippen molar-refractivity contribution in [1.29, 1.82) is 5.26 Å². The molecular weight excluding hydrogens is 336 g/mol. The molecule has 1 aliphatic heterocycles. The number of nitrogens with zero attached hydrogens (tertiary/aromatic N) is 1. The molecule has 1 aromatic carbocycles. The van der Waals surface area contributed by atoms with Crippen LogP contribution in [0, 0.1) is 11.3 Å². The standard InChI is InChI=1S/C15H16N2O6S/c16-7-11-1-3-13(4-2-11)22-9-15(19)23-8-14(18)17-12-5-6-24(20,21)10-12/h1-4,12H,5-6,8-10H2,(H,17,18)/t12-/m0/s1. The van der Waals surface area contributed by atoms with Gasteiger partial charge in [0.1, 0.15) is 5.75 Å². The molecule has 1 saturated heterocycles. The lowest BCUT2D eigenvalue weighted by molar-refractivity contribution is -0.150. The molecule has 0 bridgehead atoms.